The van der Waals surface area contributed by atoms with Gasteiger partial charge >= 0.3 is 0 Å². The lowest BCUT2D eigenvalue weighted by molar-refractivity contribution is -0.0321. The predicted molar refractivity (Wildman–Crippen MR) is 70.7 cm³/mol. The van der Waals surface area contributed by atoms with Gasteiger partial charge in [0.05, 0.1) is 6.04 Å². The molecule has 2 atom stereocenters. The molecule has 0 amide bonds. The third-order valence-corrected chi connectivity index (χ3v) is 4.73. The quantitative estimate of drug-likeness (QED) is 0.740. The molecule has 98 valence electrons. The predicted octanol–water partition coefficient (Wildman–Crippen LogP) is 2.37. The lowest BCUT2D eigenvalue weighted by atomic mass is 9.82. The lowest BCUT2D eigenvalue weighted by Crippen LogP contribution is -2.56. The topological polar surface area (TPSA) is 55.5 Å². The van der Waals surface area contributed by atoms with Gasteiger partial charge < -0.3 is 15.6 Å². The Morgan fingerprint density at radius 1 is 1.28 bits per heavy atom. The molecule has 3 heteroatoms. The monoisotopic (exact) mass is 247 g/mol. The largest absolute Gasteiger partial charge is 0.485 e. The van der Waals surface area contributed by atoms with Gasteiger partial charge in [-0.25, -0.2) is 0 Å². The number of ether oxygens (including phenoxy) is 1. The molecule has 2 aliphatic rings. The molecule has 2 unspecified atom stereocenters. The van der Waals surface area contributed by atoms with Gasteiger partial charge in [0, 0.05) is 5.56 Å². The van der Waals surface area contributed by atoms with Gasteiger partial charge in [-0.2, -0.15) is 0 Å². The fourth-order valence-corrected chi connectivity index (χ4v) is 3.34. The Kier molecular flexibility index (Phi) is 2.65. The van der Waals surface area contributed by atoms with E-state index in [1.807, 2.05) is 12.1 Å². The molecule has 1 aromatic rings. The van der Waals surface area contributed by atoms with Crippen molar-refractivity contribution in [3.63, 3.8) is 0 Å². The van der Waals surface area contributed by atoms with Gasteiger partial charge in [0.2, 0.25) is 0 Å². The molecule has 1 saturated carbocycles. The van der Waals surface area contributed by atoms with Gasteiger partial charge in [0.25, 0.3) is 0 Å². The third-order valence-electron chi connectivity index (χ3n) is 4.73. The second-order valence-corrected chi connectivity index (χ2v) is 5.77. The number of aliphatic hydroxyl groups is 1. The molecule has 0 aromatic heterocycles. The van der Waals surface area contributed by atoms with Crippen LogP contribution in [0.15, 0.2) is 12.1 Å². The molecule has 1 aliphatic carbocycles. The van der Waals surface area contributed by atoms with Gasteiger partial charge in [-0.15, -0.1) is 0 Å². The zero-order valence-electron chi connectivity index (χ0n) is 11.1. The number of aliphatic hydroxyl groups excluding tert-OH is 1. The van der Waals surface area contributed by atoms with Gasteiger partial charge in [-0.3, -0.25) is 0 Å². The van der Waals surface area contributed by atoms with Crippen LogP contribution in [-0.4, -0.2) is 16.7 Å². The number of hydrogen-bond acceptors (Lipinski definition) is 3. The van der Waals surface area contributed by atoms with E-state index in [1.165, 1.54) is 5.56 Å². The molecule has 3 rings (SSSR count). The second-order valence-electron chi connectivity index (χ2n) is 5.77. The highest BCUT2D eigenvalue weighted by atomic mass is 16.5. The summed E-state index contributed by atoms with van der Waals surface area (Å²) in [6.07, 6.45) is 3.59. The van der Waals surface area contributed by atoms with Crippen molar-refractivity contribution in [1.82, 2.24) is 0 Å². The Balaban J connectivity index is 2.12. The van der Waals surface area contributed by atoms with Crippen LogP contribution in [0.25, 0.3) is 0 Å². The minimum atomic E-state index is -0.605. The highest BCUT2D eigenvalue weighted by Crippen LogP contribution is 2.47. The standard InChI is InChI=1S/C15H21NO2/c1-9-5-6-11-12(17)14(16)15(7-3-4-8-15)18-13(11)10(9)2/h5-6,12,14,17H,3-4,7-8,16H2,1-2H3. The van der Waals surface area contributed by atoms with Crippen LogP contribution >= 0.6 is 0 Å². The van der Waals surface area contributed by atoms with Crippen molar-refractivity contribution in [2.45, 2.75) is 57.3 Å². The zero-order valence-corrected chi connectivity index (χ0v) is 11.1. The minimum absolute atomic E-state index is 0.311. The molecule has 3 N–H and O–H groups in total. The molecule has 0 radical (unpaired) electrons. The fourth-order valence-electron chi connectivity index (χ4n) is 3.34. The molecular formula is C15H21NO2. The summed E-state index contributed by atoms with van der Waals surface area (Å²) in [5.41, 5.74) is 9.08. The van der Waals surface area contributed by atoms with Crippen LogP contribution in [0.3, 0.4) is 0 Å². The molecule has 1 heterocycles. The summed E-state index contributed by atoms with van der Waals surface area (Å²) in [5.74, 6) is 0.867. The van der Waals surface area contributed by atoms with E-state index >= 15 is 0 Å². The van der Waals surface area contributed by atoms with E-state index in [-0.39, 0.29) is 11.6 Å². The second kappa shape index (κ2) is 3.97. The zero-order chi connectivity index (χ0) is 12.9. The molecule has 0 bridgehead atoms. The van der Waals surface area contributed by atoms with E-state index in [9.17, 15) is 5.11 Å². The van der Waals surface area contributed by atoms with E-state index in [2.05, 4.69) is 13.8 Å². The molecular weight excluding hydrogens is 226 g/mol. The first-order valence-electron chi connectivity index (χ1n) is 6.78. The summed E-state index contributed by atoms with van der Waals surface area (Å²) in [6.45, 7) is 4.13. The van der Waals surface area contributed by atoms with Gasteiger partial charge in [-0.05, 0) is 50.7 Å². The Bertz CT molecular complexity index is 478. The van der Waals surface area contributed by atoms with Crippen LogP contribution in [0, 0.1) is 13.8 Å². The lowest BCUT2D eigenvalue weighted by Gasteiger charge is -2.44. The first-order chi connectivity index (χ1) is 8.55. The molecule has 18 heavy (non-hydrogen) atoms. The van der Waals surface area contributed by atoms with Crippen molar-refractivity contribution in [3.05, 3.63) is 28.8 Å². The smallest absolute Gasteiger partial charge is 0.129 e. The first kappa shape index (κ1) is 12.0. The Morgan fingerprint density at radius 2 is 1.94 bits per heavy atom. The van der Waals surface area contributed by atoms with E-state index in [0.717, 1.165) is 42.6 Å². The average molecular weight is 247 g/mol. The number of aryl methyl sites for hydroxylation is 1. The summed E-state index contributed by atoms with van der Waals surface area (Å²) >= 11 is 0. The Labute approximate surface area is 108 Å². The average Bonchev–Trinajstić information content (AvgIpc) is 2.82. The maximum atomic E-state index is 10.5. The third kappa shape index (κ3) is 1.50. The van der Waals surface area contributed by atoms with Crippen molar-refractivity contribution < 1.29 is 9.84 Å². The normalized spacial score (nSPS) is 29.1. The molecule has 1 aliphatic heterocycles. The van der Waals surface area contributed by atoms with Crippen molar-refractivity contribution >= 4 is 0 Å². The maximum Gasteiger partial charge on any atom is 0.129 e. The van der Waals surface area contributed by atoms with E-state index < -0.39 is 6.10 Å². The molecule has 1 fully saturated rings. The number of rotatable bonds is 0. The van der Waals surface area contributed by atoms with Crippen LogP contribution in [0.4, 0.5) is 0 Å². The van der Waals surface area contributed by atoms with Crippen molar-refractivity contribution in [2.24, 2.45) is 5.73 Å². The van der Waals surface area contributed by atoms with Crippen LogP contribution in [-0.2, 0) is 0 Å². The number of hydrogen-bond donors (Lipinski definition) is 2. The number of benzene rings is 1. The van der Waals surface area contributed by atoms with Gasteiger partial charge in [0.1, 0.15) is 17.5 Å². The minimum Gasteiger partial charge on any atom is -0.485 e. The first-order valence-corrected chi connectivity index (χ1v) is 6.78. The van der Waals surface area contributed by atoms with Gasteiger partial charge in [0.15, 0.2) is 0 Å². The van der Waals surface area contributed by atoms with Crippen molar-refractivity contribution in [2.75, 3.05) is 0 Å². The Morgan fingerprint density at radius 3 is 2.61 bits per heavy atom. The van der Waals surface area contributed by atoms with Crippen LogP contribution in [0.5, 0.6) is 5.75 Å². The molecule has 3 nitrogen and oxygen atoms in total. The van der Waals surface area contributed by atoms with E-state index in [0.29, 0.717) is 0 Å². The van der Waals surface area contributed by atoms with Crippen LogP contribution in [0.1, 0.15) is 48.5 Å². The SMILES string of the molecule is Cc1ccc2c(c1C)OC1(CCCC1)C(N)C2O. The van der Waals surface area contributed by atoms with Crippen LogP contribution < -0.4 is 10.5 Å². The highest BCUT2D eigenvalue weighted by Gasteiger charge is 2.49. The molecule has 1 spiro atoms. The Hall–Kier alpha value is -1.06. The van der Waals surface area contributed by atoms with Crippen molar-refractivity contribution in [3.8, 4) is 5.75 Å². The summed E-state index contributed by atoms with van der Waals surface area (Å²) in [7, 11) is 0. The van der Waals surface area contributed by atoms with Gasteiger partial charge in [-0.1, -0.05) is 12.1 Å². The highest BCUT2D eigenvalue weighted by molar-refractivity contribution is 5.49. The number of fused-ring (bicyclic) bond motifs is 1. The summed E-state index contributed by atoms with van der Waals surface area (Å²) in [6, 6.07) is 3.67. The van der Waals surface area contributed by atoms with E-state index in [1.54, 1.807) is 0 Å². The van der Waals surface area contributed by atoms with E-state index in [4.69, 9.17) is 10.5 Å². The maximum absolute atomic E-state index is 10.5. The fraction of sp³-hybridized carbons (Fsp3) is 0.600. The number of nitrogens with two attached hydrogens (primary N) is 1. The molecule has 0 saturated heterocycles. The summed E-state index contributed by atoms with van der Waals surface area (Å²) in [4.78, 5) is 0. The molecule has 1 aromatic carbocycles. The summed E-state index contributed by atoms with van der Waals surface area (Å²) < 4.78 is 6.29. The van der Waals surface area contributed by atoms with Crippen molar-refractivity contribution in [1.29, 1.82) is 0 Å². The summed E-state index contributed by atoms with van der Waals surface area (Å²) in [5, 5.41) is 10.5. The van der Waals surface area contributed by atoms with Crippen LogP contribution in [0.2, 0.25) is 0 Å².